The Hall–Kier alpha value is -3.94. The van der Waals surface area contributed by atoms with Gasteiger partial charge in [-0.15, -0.1) is 0 Å². The smallest absolute Gasteiger partial charge is 0.306 e. The van der Waals surface area contributed by atoms with E-state index in [1.54, 1.807) is 6.08 Å². The van der Waals surface area contributed by atoms with Crippen molar-refractivity contribution >= 4 is 11.9 Å². The van der Waals surface area contributed by atoms with Crippen LogP contribution in [0, 0.1) is 0 Å². The molecule has 11 heteroatoms. The first-order chi connectivity index (χ1) is 40.2. The molecule has 11 nitrogen and oxygen atoms in total. The van der Waals surface area contributed by atoms with E-state index in [1.807, 2.05) is 6.08 Å². The standard InChI is InChI=1S/C71H119NO10/c1-4-7-10-13-16-19-22-25-27-29-31-33-35-37-39-41-44-47-50-53-56-59-66(76)82-69-68(78)67(77)65(60-73)81-71(69)80-61-62(63(74)57-54-51-48-45-42-24-21-18-15-12-9-6-3)72-70(79)64(75)58-55-52-49-46-43-40-38-36-34-32-30-28-26-23-20-17-14-11-8-5-2/h7,10,16-17,19-20,25-28,31-34,37-40,54,57,62-65,67-69,71,73-75,77-78H,4-6,8-9,11-15,18,21-24,29-30,35-36,41-53,55-56,58-61H2,1-3H3,(H,72,79)/b10-7-,19-16-,20-17-,27-25-,28-26-,33-31-,34-32-,39-37-,40-38-,57-54+. The fourth-order valence-corrected chi connectivity index (χ4v) is 9.42. The Labute approximate surface area is 500 Å². The maximum Gasteiger partial charge on any atom is 0.306 e. The summed E-state index contributed by atoms with van der Waals surface area (Å²) in [6.07, 6.45) is 69.4. The number of aliphatic hydroxyl groups is 5. The summed E-state index contributed by atoms with van der Waals surface area (Å²) in [4.78, 5) is 26.6. The van der Waals surface area contributed by atoms with Gasteiger partial charge in [-0.1, -0.05) is 251 Å². The van der Waals surface area contributed by atoms with Crippen molar-refractivity contribution in [3.05, 3.63) is 122 Å². The molecule has 0 bridgehead atoms. The number of unbranched alkanes of at least 4 members (excludes halogenated alkanes) is 22. The highest BCUT2D eigenvalue weighted by molar-refractivity contribution is 5.80. The molecule has 82 heavy (non-hydrogen) atoms. The van der Waals surface area contributed by atoms with Crippen molar-refractivity contribution in [2.45, 2.75) is 301 Å². The van der Waals surface area contributed by atoms with Crippen LogP contribution in [0.5, 0.6) is 0 Å². The van der Waals surface area contributed by atoms with Gasteiger partial charge in [0.25, 0.3) is 0 Å². The van der Waals surface area contributed by atoms with E-state index >= 15 is 0 Å². The van der Waals surface area contributed by atoms with Crippen LogP contribution in [0.2, 0.25) is 0 Å². The summed E-state index contributed by atoms with van der Waals surface area (Å²) in [6.45, 7) is 5.62. The zero-order valence-electron chi connectivity index (χ0n) is 51.8. The second-order valence-corrected chi connectivity index (χ2v) is 22.1. The number of hydrogen-bond donors (Lipinski definition) is 6. The van der Waals surface area contributed by atoms with Crippen LogP contribution in [-0.4, -0.2) is 99.6 Å². The van der Waals surface area contributed by atoms with Crippen LogP contribution in [0.4, 0.5) is 0 Å². The van der Waals surface area contributed by atoms with Crippen molar-refractivity contribution in [1.82, 2.24) is 5.32 Å². The Bertz CT molecular complexity index is 1800. The van der Waals surface area contributed by atoms with Crippen molar-refractivity contribution in [3.8, 4) is 0 Å². The van der Waals surface area contributed by atoms with E-state index in [4.69, 9.17) is 14.2 Å². The van der Waals surface area contributed by atoms with E-state index in [2.05, 4.69) is 135 Å². The molecule has 0 aromatic rings. The topological polar surface area (TPSA) is 175 Å². The summed E-state index contributed by atoms with van der Waals surface area (Å²) in [5, 5.41) is 57.1. The van der Waals surface area contributed by atoms with Gasteiger partial charge in [0, 0.05) is 6.42 Å². The highest BCUT2D eigenvalue weighted by atomic mass is 16.7. The SMILES string of the molecule is CC/C=C\C/C=C\C/C=C\C/C=C\C/C=C\CCCCCCCC(=O)OC1C(OCC(NC(=O)C(O)CCCCCC/C=C\C/C=C\C/C=C\C/C=C\CCCCC)C(O)/C=C/CCCCCCCCCCCC)OC(CO)C(O)C1O. The predicted octanol–water partition coefficient (Wildman–Crippen LogP) is 16.2. The Morgan fingerprint density at radius 1 is 0.488 bits per heavy atom. The molecule has 0 radical (unpaired) electrons. The third kappa shape index (κ3) is 44.6. The van der Waals surface area contributed by atoms with Gasteiger partial charge in [-0.05, 0) is 116 Å². The average molecular weight is 1150 g/mol. The fourth-order valence-electron chi connectivity index (χ4n) is 9.42. The molecule has 0 aromatic heterocycles. The Kier molecular flexibility index (Phi) is 53.3. The first kappa shape index (κ1) is 76.1. The summed E-state index contributed by atoms with van der Waals surface area (Å²) in [6, 6.07) is -1.05. The second-order valence-electron chi connectivity index (χ2n) is 22.1. The number of esters is 1. The Morgan fingerprint density at radius 2 is 0.878 bits per heavy atom. The molecule has 1 saturated heterocycles. The van der Waals surface area contributed by atoms with Gasteiger partial charge < -0.3 is 45.1 Å². The van der Waals surface area contributed by atoms with E-state index < -0.39 is 67.4 Å². The van der Waals surface area contributed by atoms with E-state index in [0.717, 1.165) is 135 Å². The molecule has 0 saturated carbocycles. The lowest BCUT2D eigenvalue weighted by Crippen LogP contribution is -2.61. The van der Waals surface area contributed by atoms with E-state index in [9.17, 15) is 35.1 Å². The maximum atomic E-state index is 13.4. The summed E-state index contributed by atoms with van der Waals surface area (Å²) in [5.74, 6) is -1.24. The second kappa shape index (κ2) is 57.5. The van der Waals surface area contributed by atoms with Crippen molar-refractivity contribution in [2.24, 2.45) is 0 Å². The Balaban J connectivity index is 2.68. The average Bonchev–Trinajstić information content (AvgIpc) is 3.44. The predicted molar refractivity (Wildman–Crippen MR) is 342 cm³/mol. The van der Waals surface area contributed by atoms with E-state index in [-0.39, 0.29) is 19.4 Å². The van der Waals surface area contributed by atoms with Gasteiger partial charge in [-0.2, -0.15) is 0 Å². The molecule has 1 aliphatic rings. The number of nitrogens with one attached hydrogen (secondary N) is 1. The zero-order chi connectivity index (χ0) is 59.6. The molecule has 1 aliphatic heterocycles. The maximum absolute atomic E-state index is 13.4. The molecule has 8 unspecified atom stereocenters. The molecule has 8 atom stereocenters. The van der Waals surface area contributed by atoms with Crippen molar-refractivity contribution in [3.63, 3.8) is 0 Å². The van der Waals surface area contributed by atoms with Crippen molar-refractivity contribution in [2.75, 3.05) is 13.2 Å². The van der Waals surface area contributed by atoms with Crippen LogP contribution in [0.25, 0.3) is 0 Å². The molecule has 0 aliphatic carbocycles. The van der Waals surface area contributed by atoms with Crippen LogP contribution < -0.4 is 5.32 Å². The number of ether oxygens (including phenoxy) is 3. The quantitative estimate of drug-likeness (QED) is 0.0195. The van der Waals surface area contributed by atoms with Gasteiger partial charge in [0.05, 0.1) is 25.4 Å². The molecule has 1 rings (SSSR count). The van der Waals surface area contributed by atoms with Crippen LogP contribution in [-0.2, 0) is 23.8 Å². The molecular formula is C71H119NO10. The zero-order valence-corrected chi connectivity index (χ0v) is 51.8. The van der Waals surface area contributed by atoms with Crippen molar-refractivity contribution in [1.29, 1.82) is 0 Å². The number of allylic oxidation sites excluding steroid dienone is 19. The lowest BCUT2D eigenvalue weighted by molar-refractivity contribution is -0.305. The third-order valence-corrected chi connectivity index (χ3v) is 14.6. The van der Waals surface area contributed by atoms with E-state index in [1.165, 1.54) is 70.6 Å². The number of hydrogen-bond acceptors (Lipinski definition) is 10. The molecule has 1 heterocycles. The van der Waals surface area contributed by atoms with Crippen LogP contribution in [0.1, 0.15) is 252 Å². The highest BCUT2D eigenvalue weighted by Gasteiger charge is 2.47. The fraction of sp³-hybridized carbons (Fsp3) is 0.690. The normalized spacial score (nSPS) is 19.4. The number of aliphatic hydroxyl groups excluding tert-OH is 5. The number of carbonyl (C=O) groups is 2. The van der Waals surface area contributed by atoms with Gasteiger partial charge in [-0.3, -0.25) is 9.59 Å². The minimum absolute atomic E-state index is 0.0920. The largest absolute Gasteiger partial charge is 0.454 e. The minimum atomic E-state index is -1.63. The summed E-state index contributed by atoms with van der Waals surface area (Å²) >= 11 is 0. The van der Waals surface area contributed by atoms with Crippen LogP contribution in [0.15, 0.2) is 122 Å². The molecule has 1 amide bonds. The van der Waals surface area contributed by atoms with Crippen LogP contribution >= 0.6 is 0 Å². The molecular weight excluding hydrogens is 1030 g/mol. The number of carbonyl (C=O) groups excluding carboxylic acids is 2. The third-order valence-electron chi connectivity index (χ3n) is 14.6. The summed E-state index contributed by atoms with van der Waals surface area (Å²) in [7, 11) is 0. The van der Waals surface area contributed by atoms with Gasteiger partial charge in [-0.25, -0.2) is 0 Å². The van der Waals surface area contributed by atoms with E-state index in [0.29, 0.717) is 12.8 Å². The molecule has 6 N–H and O–H groups in total. The minimum Gasteiger partial charge on any atom is -0.454 e. The van der Waals surface area contributed by atoms with Gasteiger partial charge in [0.1, 0.15) is 24.4 Å². The Morgan fingerprint density at radius 3 is 1.34 bits per heavy atom. The molecule has 1 fully saturated rings. The first-order valence-corrected chi connectivity index (χ1v) is 32.8. The van der Waals surface area contributed by atoms with Crippen LogP contribution in [0.3, 0.4) is 0 Å². The molecule has 0 spiro atoms. The van der Waals surface area contributed by atoms with Gasteiger partial charge in [0.2, 0.25) is 5.91 Å². The van der Waals surface area contributed by atoms with Crippen molar-refractivity contribution < 1.29 is 49.3 Å². The van der Waals surface area contributed by atoms with Gasteiger partial charge >= 0.3 is 5.97 Å². The summed E-state index contributed by atoms with van der Waals surface area (Å²) in [5.41, 5.74) is 0. The number of rotatable bonds is 54. The summed E-state index contributed by atoms with van der Waals surface area (Å²) < 4.78 is 17.6. The first-order valence-electron chi connectivity index (χ1n) is 32.8. The lowest BCUT2D eigenvalue weighted by atomic mass is 9.99. The highest BCUT2D eigenvalue weighted by Crippen LogP contribution is 2.26. The van der Waals surface area contributed by atoms with Gasteiger partial charge in [0.15, 0.2) is 12.4 Å². The molecule has 468 valence electrons. The monoisotopic (exact) mass is 1150 g/mol. The number of amides is 1. The lowest BCUT2D eigenvalue weighted by Gasteiger charge is -2.41. The molecule has 0 aromatic carbocycles.